The van der Waals surface area contributed by atoms with Crippen LogP contribution in [0.15, 0.2) is 12.3 Å². The number of methoxy groups -OCH3 is 1. The third-order valence-corrected chi connectivity index (χ3v) is 4.78. The maximum absolute atomic E-state index is 12.9. The van der Waals surface area contributed by atoms with E-state index in [-0.39, 0.29) is 5.41 Å². The van der Waals surface area contributed by atoms with E-state index in [4.69, 9.17) is 4.74 Å². The van der Waals surface area contributed by atoms with Crippen LogP contribution < -0.4 is 9.64 Å². The molecule has 2 saturated heterocycles. The third-order valence-electron chi connectivity index (χ3n) is 4.78. The standard InChI is InChI=1S/C16H24N4O2/c1-3-9-19-10-4-6-16(14(19)21)7-11-20(12-16)15-17-8-5-13(18-15)22-2/h5,8H,3-4,6-7,9-12H2,1-2H3/t16-/m0/s1. The van der Waals surface area contributed by atoms with E-state index in [0.29, 0.717) is 17.7 Å². The molecule has 0 unspecified atom stereocenters. The molecule has 0 bridgehead atoms. The minimum Gasteiger partial charge on any atom is -0.481 e. The zero-order chi connectivity index (χ0) is 15.6. The Hall–Kier alpha value is -1.85. The largest absolute Gasteiger partial charge is 0.481 e. The van der Waals surface area contributed by atoms with Crippen molar-refractivity contribution in [2.24, 2.45) is 5.41 Å². The molecule has 6 nitrogen and oxygen atoms in total. The smallest absolute Gasteiger partial charge is 0.230 e. The first kappa shape index (κ1) is 15.1. The second-order valence-corrected chi connectivity index (χ2v) is 6.25. The van der Waals surface area contributed by atoms with Gasteiger partial charge in [0.1, 0.15) is 0 Å². The van der Waals surface area contributed by atoms with Gasteiger partial charge in [0.25, 0.3) is 0 Å². The van der Waals surface area contributed by atoms with Crippen LogP contribution in [0.3, 0.4) is 0 Å². The summed E-state index contributed by atoms with van der Waals surface area (Å²) in [7, 11) is 1.60. The summed E-state index contributed by atoms with van der Waals surface area (Å²) in [5.74, 6) is 1.55. The monoisotopic (exact) mass is 304 g/mol. The normalized spacial score (nSPS) is 25.1. The van der Waals surface area contributed by atoms with Crippen molar-refractivity contribution in [1.29, 1.82) is 0 Å². The maximum atomic E-state index is 12.9. The lowest BCUT2D eigenvalue weighted by molar-refractivity contribution is -0.145. The molecule has 2 fully saturated rings. The van der Waals surface area contributed by atoms with Crippen molar-refractivity contribution < 1.29 is 9.53 Å². The molecule has 3 rings (SSSR count). The highest BCUT2D eigenvalue weighted by atomic mass is 16.5. The van der Waals surface area contributed by atoms with Gasteiger partial charge in [-0.15, -0.1) is 0 Å². The van der Waals surface area contributed by atoms with Crippen LogP contribution in [0.5, 0.6) is 5.88 Å². The van der Waals surface area contributed by atoms with Gasteiger partial charge in [0.15, 0.2) is 0 Å². The van der Waals surface area contributed by atoms with E-state index in [1.54, 1.807) is 19.4 Å². The topological polar surface area (TPSA) is 58.6 Å². The van der Waals surface area contributed by atoms with Crippen molar-refractivity contribution in [2.45, 2.75) is 32.6 Å². The summed E-state index contributed by atoms with van der Waals surface area (Å²) >= 11 is 0. The lowest BCUT2D eigenvalue weighted by atomic mass is 9.78. The van der Waals surface area contributed by atoms with Crippen LogP contribution in [-0.2, 0) is 4.79 Å². The van der Waals surface area contributed by atoms with Crippen LogP contribution in [0, 0.1) is 5.41 Å². The predicted molar refractivity (Wildman–Crippen MR) is 84.0 cm³/mol. The third kappa shape index (κ3) is 2.62. The number of hydrogen-bond donors (Lipinski definition) is 0. The highest BCUT2D eigenvalue weighted by Gasteiger charge is 2.48. The number of carbonyl (C=O) groups excluding carboxylic acids is 1. The van der Waals surface area contributed by atoms with Crippen molar-refractivity contribution >= 4 is 11.9 Å². The summed E-state index contributed by atoms with van der Waals surface area (Å²) in [4.78, 5) is 25.8. The molecular weight excluding hydrogens is 280 g/mol. The van der Waals surface area contributed by atoms with Crippen molar-refractivity contribution in [2.75, 3.05) is 38.2 Å². The average Bonchev–Trinajstić information content (AvgIpc) is 2.97. The van der Waals surface area contributed by atoms with Crippen LogP contribution in [0.2, 0.25) is 0 Å². The first-order chi connectivity index (χ1) is 10.7. The molecular formula is C16H24N4O2. The van der Waals surface area contributed by atoms with Crippen LogP contribution in [0.25, 0.3) is 0 Å². The van der Waals surface area contributed by atoms with Gasteiger partial charge in [0.05, 0.1) is 12.5 Å². The summed E-state index contributed by atoms with van der Waals surface area (Å²) in [6, 6.07) is 1.74. The zero-order valence-electron chi connectivity index (χ0n) is 13.4. The Labute approximate surface area is 131 Å². The highest BCUT2D eigenvalue weighted by Crippen LogP contribution is 2.41. The van der Waals surface area contributed by atoms with E-state index >= 15 is 0 Å². The fraction of sp³-hybridized carbons (Fsp3) is 0.688. The van der Waals surface area contributed by atoms with Crippen molar-refractivity contribution in [3.8, 4) is 5.88 Å². The Morgan fingerprint density at radius 1 is 1.36 bits per heavy atom. The van der Waals surface area contributed by atoms with Gasteiger partial charge in [-0.2, -0.15) is 4.98 Å². The Morgan fingerprint density at radius 3 is 3.00 bits per heavy atom. The summed E-state index contributed by atoms with van der Waals surface area (Å²) in [5, 5.41) is 0. The lowest BCUT2D eigenvalue weighted by Crippen LogP contribution is -2.50. The number of anilines is 1. The number of amides is 1. The van der Waals surface area contributed by atoms with E-state index in [1.807, 2.05) is 4.90 Å². The van der Waals surface area contributed by atoms with Gasteiger partial charge >= 0.3 is 0 Å². The number of hydrogen-bond acceptors (Lipinski definition) is 5. The summed E-state index contributed by atoms with van der Waals surface area (Å²) < 4.78 is 5.17. The molecule has 1 aromatic heterocycles. The van der Waals surface area contributed by atoms with Gasteiger partial charge in [-0.25, -0.2) is 4.98 Å². The molecule has 0 aromatic carbocycles. The van der Waals surface area contributed by atoms with Crippen molar-refractivity contribution in [3.63, 3.8) is 0 Å². The van der Waals surface area contributed by atoms with Crippen LogP contribution in [0.1, 0.15) is 32.6 Å². The second-order valence-electron chi connectivity index (χ2n) is 6.25. The van der Waals surface area contributed by atoms with Crippen LogP contribution >= 0.6 is 0 Å². The average molecular weight is 304 g/mol. The van der Waals surface area contributed by atoms with E-state index < -0.39 is 0 Å². The molecule has 3 heterocycles. The summed E-state index contributed by atoms with van der Waals surface area (Å²) in [5.41, 5.74) is -0.236. The Kier molecular flexibility index (Phi) is 4.18. The number of piperidine rings is 1. The molecule has 1 amide bonds. The number of ether oxygens (including phenoxy) is 1. The van der Waals surface area contributed by atoms with Gasteiger partial charge < -0.3 is 14.5 Å². The fourth-order valence-corrected chi connectivity index (χ4v) is 3.66. The molecule has 22 heavy (non-hydrogen) atoms. The molecule has 0 aliphatic carbocycles. The van der Waals surface area contributed by atoms with Gasteiger partial charge in [-0.05, 0) is 25.7 Å². The Balaban J connectivity index is 1.76. The quantitative estimate of drug-likeness (QED) is 0.847. The number of nitrogens with zero attached hydrogens (tertiary/aromatic N) is 4. The van der Waals surface area contributed by atoms with Gasteiger partial charge in [0.2, 0.25) is 17.7 Å². The molecule has 120 valence electrons. The molecule has 0 saturated carbocycles. The van der Waals surface area contributed by atoms with E-state index in [1.165, 1.54) is 0 Å². The number of carbonyl (C=O) groups is 1. The molecule has 1 aromatic rings. The predicted octanol–water partition coefficient (Wildman–Crippen LogP) is 1.71. The SMILES string of the molecule is CCCN1CCC[C@@]2(CCN(c3nccc(OC)n3)C2)C1=O. The molecule has 0 N–H and O–H groups in total. The number of aromatic nitrogens is 2. The Bertz CT molecular complexity index is 549. The number of rotatable bonds is 4. The van der Waals surface area contributed by atoms with Crippen molar-refractivity contribution in [3.05, 3.63) is 12.3 Å². The van der Waals surface area contributed by atoms with Crippen molar-refractivity contribution in [1.82, 2.24) is 14.9 Å². The van der Waals surface area contributed by atoms with E-state index in [2.05, 4.69) is 21.8 Å². The summed E-state index contributed by atoms with van der Waals surface area (Å²) in [6.45, 7) is 5.46. The fourth-order valence-electron chi connectivity index (χ4n) is 3.66. The van der Waals surface area contributed by atoms with Gasteiger partial charge in [-0.1, -0.05) is 6.92 Å². The summed E-state index contributed by atoms with van der Waals surface area (Å²) in [6.07, 6.45) is 5.69. The molecule has 1 atom stereocenters. The van der Waals surface area contributed by atoms with E-state index in [0.717, 1.165) is 51.9 Å². The van der Waals surface area contributed by atoms with Crippen LogP contribution in [0.4, 0.5) is 5.95 Å². The first-order valence-electron chi connectivity index (χ1n) is 8.10. The minimum absolute atomic E-state index is 0.236. The van der Waals surface area contributed by atoms with E-state index in [9.17, 15) is 4.79 Å². The van der Waals surface area contributed by atoms with Crippen LogP contribution in [-0.4, -0.2) is 54.1 Å². The zero-order valence-corrected chi connectivity index (χ0v) is 13.4. The maximum Gasteiger partial charge on any atom is 0.230 e. The molecule has 2 aliphatic rings. The molecule has 1 spiro atoms. The lowest BCUT2D eigenvalue weighted by Gasteiger charge is -2.39. The Morgan fingerprint density at radius 2 is 2.23 bits per heavy atom. The molecule has 2 aliphatic heterocycles. The van der Waals surface area contributed by atoms with Gasteiger partial charge in [-0.3, -0.25) is 4.79 Å². The molecule has 0 radical (unpaired) electrons. The highest BCUT2D eigenvalue weighted by molar-refractivity contribution is 5.85. The first-order valence-corrected chi connectivity index (χ1v) is 8.10. The minimum atomic E-state index is -0.236. The molecule has 6 heteroatoms. The van der Waals surface area contributed by atoms with Gasteiger partial charge in [0, 0.05) is 38.4 Å². The number of likely N-dealkylation sites (tertiary alicyclic amines) is 1. The second kappa shape index (κ2) is 6.10.